The van der Waals surface area contributed by atoms with Crippen molar-refractivity contribution in [1.29, 1.82) is 0 Å². The molecular formula is C20H17NO. The second-order valence-corrected chi connectivity index (χ2v) is 5.91. The van der Waals surface area contributed by atoms with Crippen LogP contribution in [-0.2, 0) is 13.5 Å². The molecule has 108 valence electrons. The molecule has 0 saturated heterocycles. The molecule has 2 heteroatoms. The summed E-state index contributed by atoms with van der Waals surface area (Å²) in [5.41, 5.74) is 6.44. The lowest BCUT2D eigenvalue weighted by Gasteiger charge is -1.99. The summed E-state index contributed by atoms with van der Waals surface area (Å²) >= 11 is 0. The summed E-state index contributed by atoms with van der Waals surface area (Å²) in [5.74, 6) is 0.169. The summed E-state index contributed by atoms with van der Waals surface area (Å²) in [6.07, 6.45) is 2.82. The zero-order valence-electron chi connectivity index (χ0n) is 12.8. The topological polar surface area (TPSA) is 22.0 Å². The maximum Gasteiger partial charge on any atom is 0.189 e. The Morgan fingerprint density at radius 2 is 1.77 bits per heavy atom. The summed E-state index contributed by atoms with van der Waals surface area (Å²) in [7, 11) is 2.07. The second-order valence-electron chi connectivity index (χ2n) is 5.91. The molecule has 0 saturated carbocycles. The molecule has 0 unspecified atom stereocenters. The Bertz CT molecular complexity index is 943. The van der Waals surface area contributed by atoms with E-state index in [1.807, 2.05) is 24.3 Å². The molecule has 1 aliphatic rings. The highest BCUT2D eigenvalue weighted by molar-refractivity contribution is 6.16. The summed E-state index contributed by atoms with van der Waals surface area (Å²) in [4.78, 5) is 12.6. The van der Waals surface area contributed by atoms with Crippen molar-refractivity contribution in [2.75, 3.05) is 0 Å². The van der Waals surface area contributed by atoms with Gasteiger partial charge in [-0.2, -0.15) is 0 Å². The molecule has 0 N–H and O–H groups in total. The van der Waals surface area contributed by atoms with Crippen molar-refractivity contribution in [3.8, 4) is 0 Å². The van der Waals surface area contributed by atoms with Gasteiger partial charge in [0.1, 0.15) is 0 Å². The van der Waals surface area contributed by atoms with Gasteiger partial charge in [-0.3, -0.25) is 4.79 Å². The standard InChI is InChI=1S/C20H17NO/c1-13-18(17-9-5-6-10-19(17)21(13)2)12-15-11-14-7-3-4-8-16(14)20(15)22/h3-10,12H,11H2,1-2H3/b15-12+. The van der Waals surface area contributed by atoms with Crippen LogP contribution in [0.1, 0.15) is 27.2 Å². The average molecular weight is 287 g/mol. The molecule has 22 heavy (non-hydrogen) atoms. The van der Waals surface area contributed by atoms with Gasteiger partial charge < -0.3 is 4.57 Å². The van der Waals surface area contributed by atoms with E-state index in [1.165, 1.54) is 16.6 Å². The van der Waals surface area contributed by atoms with E-state index in [0.29, 0.717) is 0 Å². The molecule has 0 aliphatic heterocycles. The molecule has 3 aromatic rings. The van der Waals surface area contributed by atoms with Gasteiger partial charge >= 0.3 is 0 Å². The lowest BCUT2D eigenvalue weighted by molar-refractivity contribution is 0.104. The van der Waals surface area contributed by atoms with Crippen molar-refractivity contribution in [2.24, 2.45) is 7.05 Å². The van der Waals surface area contributed by atoms with Crippen LogP contribution in [0.15, 0.2) is 54.1 Å². The first-order chi connectivity index (χ1) is 10.7. The molecule has 1 aliphatic carbocycles. The zero-order valence-corrected chi connectivity index (χ0v) is 12.8. The third-order valence-electron chi connectivity index (χ3n) is 4.70. The Kier molecular flexibility index (Phi) is 2.80. The lowest BCUT2D eigenvalue weighted by Crippen LogP contribution is -1.96. The van der Waals surface area contributed by atoms with Gasteiger partial charge in [-0.1, -0.05) is 42.5 Å². The molecule has 0 fully saturated rings. The number of benzene rings is 2. The third-order valence-corrected chi connectivity index (χ3v) is 4.70. The highest BCUT2D eigenvalue weighted by atomic mass is 16.1. The maximum atomic E-state index is 12.6. The van der Waals surface area contributed by atoms with Crippen molar-refractivity contribution in [3.05, 3.63) is 76.5 Å². The Hall–Kier alpha value is -2.61. The van der Waals surface area contributed by atoms with Crippen molar-refractivity contribution in [3.63, 3.8) is 0 Å². The summed E-state index contributed by atoms with van der Waals surface area (Å²) in [6.45, 7) is 2.11. The van der Waals surface area contributed by atoms with Gasteiger partial charge in [0.05, 0.1) is 0 Å². The number of nitrogens with zero attached hydrogens (tertiary/aromatic N) is 1. The monoisotopic (exact) mass is 287 g/mol. The van der Waals surface area contributed by atoms with Gasteiger partial charge in [-0.25, -0.2) is 0 Å². The number of hydrogen-bond donors (Lipinski definition) is 0. The Morgan fingerprint density at radius 1 is 1.05 bits per heavy atom. The fraction of sp³-hybridized carbons (Fsp3) is 0.150. The second kappa shape index (κ2) is 4.70. The number of hydrogen-bond acceptors (Lipinski definition) is 1. The van der Waals surface area contributed by atoms with Crippen LogP contribution < -0.4 is 0 Å². The normalized spacial score (nSPS) is 15.7. The largest absolute Gasteiger partial charge is 0.347 e. The van der Waals surface area contributed by atoms with Crippen molar-refractivity contribution in [2.45, 2.75) is 13.3 Å². The SMILES string of the molecule is Cc1c(/C=C2\Cc3ccccc3C2=O)c2ccccc2n1C. The van der Waals surface area contributed by atoms with E-state index in [1.54, 1.807) is 0 Å². The van der Waals surface area contributed by atoms with E-state index in [0.717, 1.165) is 28.7 Å². The number of aryl methyl sites for hydroxylation is 1. The van der Waals surface area contributed by atoms with Crippen LogP contribution in [-0.4, -0.2) is 10.4 Å². The number of Topliss-reactive ketones (excluding diaryl/α,β-unsaturated/α-hetero) is 1. The lowest BCUT2D eigenvalue weighted by atomic mass is 10.0. The van der Waals surface area contributed by atoms with Gasteiger partial charge in [0, 0.05) is 46.8 Å². The van der Waals surface area contributed by atoms with Crippen LogP contribution in [0.2, 0.25) is 0 Å². The van der Waals surface area contributed by atoms with Crippen molar-refractivity contribution >= 4 is 22.8 Å². The van der Waals surface area contributed by atoms with E-state index in [-0.39, 0.29) is 5.78 Å². The van der Waals surface area contributed by atoms with E-state index < -0.39 is 0 Å². The molecule has 0 atom stereocenters. The van der Waals surface area contributed by atoms with E-state index >= 15 is 0 Å². The first-order valence-electron chi connectivity index (χ1n) is 7.54. The number of allylic oxidation sites excluding steroid dienone is 1. The Balaban J connectivity index is 1.89. The molecular weight excluding hydrogens is 270 g/mol. The molecule has 0 spiro atoms. The summed E-state index contributed by atoms with van der Waals surface area (Å²) in [6, 6.07) is 16.3. The number of fused-ring (bicyclic) bond motifs is 2. The molecule has 1 aromatic heterocycles. The molecule has 2 aromatic carbocycles. The zero-order chi connectivity index (χ0) is 15.3. The molecule has 0 bridgehead atoms. The van der Waals surface area contributed by atoms with Gasteiger partial charge in [-0.05, 0) is 24.6 Å². The van der Waals surface area contributed by atoms with E-state index in [9.17, 15) is 4.79 Å². The first kappa shape index (κ1) is 13.1. The minimum Gasteiger partial charge on any atom is -0.347 e. The molecule has 0 amide bonds. The van der Waals surface area contributed by atoms with Gasteiger partial charge in [0.25, 0.3) is 0 Å². The fourth-order valence-corrected chi connectivity index (χ4v) is 3.38. The molecule has 1 heterocycles. The first-order valence-corrected chi connectivity index (χ1v) is 7.54. The minimum atomic E-state index is 0.169. The van der Waals surface area contributed by atoms with E-state index in [2.05, 4.69) is 48.9 Å². The predicted molar refractivity (Wildman–Crippen MR) is 90.1 cm³/mol. The minimum absolute atomic E-state index is 0.169. The van der Waals surface area contributed by atoms with Gasteiger partial charge in [0.15, 0.2) is 5.78 Å². The maximum absolute atomic E-state index is 12.6. The fourth-order valence-electron chi connectivity index (χ4n) is 3.38. The van der Waals surface area contributed by atoms with Gasteiger partial charge in [-0.15, -0.1) is 0 Å². The third kappa shape index (κ3) is 1.77. The Morgan fingerprint density at radius 3 is 2.59 bits per heavy atom. The number of carbonyl (C=O) groups excluding carboxylic acids is 1. The number of ketones is 1. The van der Waals surface area contributed by atoms with Crippen LogP contribution in [0, 0.1) is 6.92 Å². The summed E-state index contributed by atoms with van der Waals surface area (Å²) in [5, 5.41) is 1.21. The molecule has 2 nitrogen and oxygen atoms in total. The van der Waals surface area contributed by atoms with Crippen molar-refractivity contribution < 1.29 is 4.79 Å². The number of carbonyl (C=O) groups is 1. The number of rotatable bonds is 1. The predicted octanol–water partition coefficient (Wildman–Crippen LogP) is 4.31. The smallest absolute Gasteiger partial charge is 0.189 e. The Labute approximate surface area is 129 Å². The van der Waals surface area contributed by atoms with Crippen LogP contribution in [0.3, 0.4) is 0 Å². The number of para-hydroxylation sites is 1. The molecule has 4 rings (SSSR count). The number of aromatic nitrogens is 1. The van der Waals surface area contributed by atoms with E-state index in [4.69, 9.17) is 0 Å². The van der Waals surface area contributed by atoms with Gasteiger partial charge in [0.2, 0.25) is 0 Å². The van der Waals surface area contributed by atoms with Crippen LogP contribution >= 0.6 is 0 Å². The quantitative estimate of drug-likeness (QED) is 0.611. The highest BCUT2D eigenvalue weighted by Crippen LogP contribution is 2.31. The van der Waals surface area contributed by atoms with Crippen LogP contribution in [0.25, 0.3) is 17.0 Å². The van der Waals surface area contributed by atoms with Crippen LogP contribution in [0.5, 0.6) is 0 Å². The van der Waals surface area contributed by atoms with Crippen LogP contribution in [0.4, 0.5) is 0 Å². The average Bonchev–Trinajstić information content (AvgIpc) is 2.99. The highest BCUT2D eigenvalue weighted by Gasteiger charge is 2.24. The van der Waals surface area contributed by atoms with Crippen molar-refractivity contribution in [1.82, 2.24) is 4.57 Å². The molecule has 0 radical (unpaired) electrons. The summed E-state index contributed by atoms with van der Waals surface area (Å²) < 4.78 is 2.19.